The first-order valence-electron chi connectivity index (χ1n) is 9.28. The molecule has 0 fully saturated rings. The van der Waals surface area contributed by atoms with Gasteiger partial charge in [-0.15, -0.1) is 0 Å². The minimum atomic E-state index is -1.14. The normalized spacial score (nSPS) is 11.8. The zero-order valence-corrected chi connectivity index (χ0v) is 17.8. The maximum atomic E-state index is 13.0. The number of anilines is 1. The van der Waals surface area contributed by atoms with E-state index in [2.05, 4.69) is 21.2 Å². The molecule has 6 nitrogen and oxygen atoms in total. The molecule has 0 saturated carbocycles. The molecular weight excluding hydrogens is 450 g/mol. The van der Waals surface area contributed by atoms with Crippen molar-refractivity contribution in [2.75, 3.05) is 11.9 Å². The molecule has 1 heterocycles. The van der Waals surface area contributed by atoms with Crippen molar-refractivity contribution < 1.29 is 23.5 Å². The lowest BCUT2D eigenvalue weighted by molar-refractivity contribution is -0.149. The average molecular weight is 470 g/mol. The van der Waals surface area contributed by atoms with Gasteiger partial charge < -0.3 is 19.2 Å². The predicted molar refractivity (Wildman–Crippen MR) is 117 cm³/mol. The van der Waals surface area contributed by atoms with Crippen molar-refractivity contribution in [2.45, 2.75) is 13.0 Å². The molecule has 1 atom stereocenters. The van der Waals surface area contributed by atoms with Crippen molar-refractivity contribution in [3.63, 3.8) is 0 Å². The summed E-state index contributed by atoms with van der Waals surface area (Å²) in [6.45, 7) is 2.31. The zero-order valence-electron chi connectivity index (χ0n) is 16.2. The predicted octanol–water partition coefficient (Wildman–Crippen LogP) is 5.38. The molecule has 0 spiro atoms. The Morgan fingerprint density at radius 1 is 1.07 bits per heavy atom. The highest BCUT2D eigenvalue weighted by Gasteiger charge is 2.25. The topological polar surface area (TPSA) is 77.8 Å². The Morgan fingerprint density at radius 3 is 2.50 bits per heavy atom. The highest BCUT2D eigenvalue weighted by atomic mass is 79.9. The number of furan rings is 1. The Morgan fingerprint density at radius 2 is 1.80 bits per heavy atom. The number of halogens is 1. The van der Waals surface area contributed by atoms with E-state index < -0.39 is 18.0 Å². The first-order chi connectivity index (χ1) is 14.6. The van der Waals surface area contributed by atoms with Crippen LogP contribution in [0.5, 0.6) is 5.75 Å². The molecule has 1 aromatic heterocycles. The molecular formula is C23H20BrNO5. The Bertz CT molecular complexity index is 1030. The Kier molecular flexibility index (Phi) is 7.45. The van der Waals surface area contributed by atoms with E-state index >= 15 is 0 Å². The highest BCUT2D eigenvalue weighted by molar-refractivity contribution is 9.10. The first kappa shape index (κ1) is 21.4. The van der Waals surface area contributed by atoms with Gasteiger partial charge >= 0.3 is 5.97 Å². The van der Waals surface area contributed by atoms with Crippen LogP contribution in [0.15, 0.2) is 81.9 Å². The van der Waals surface area contributed by atoms with E-state index in [1.165, 1.54) is 12.2 Å². The van der Waals surface area contributed by atoms with Crippen LogP contribution in [0.4, 0.5) is 5.69 Å². The summed E-state index contributed by atoms with van der Waals surface area (Å²) in [7, 11) is 0. The van der Waals surface area contributed by atoms with Crippen LogP contribution < -0.4 is 10.1 Å². The minimum Gasteiger partial charge on any atom is -0.492 e. The Labute approximate surface area is 182 Å². The van der Waals surface area contributed by atoms with E-state index in [1.807, 2.05) is 19.1 Å². The van der Waals surface area contributed by atoms with Gasteiger partial charge in [-0.3, -0.25) is 4.79 Å². The summed E-state index contributed by atoms with van der Waals surface area (Å²) in [5.74, 6) is -0.152. The van der Waals surface area contributed by atoms with Crippen LogP contribution in [-0.4, -0.2) is 18.5 Å². The summed E-state index contributed by atoms with van der Waals surface area (Å²) in [5, 5.41) is 2.79. The van der Waals surface area contributed by atoms with Crippen LogP contribution in [0.1, 0.15) is 24.4 Å². The molecule has 0 saturated heterocycles. The lowest BCUT2D eigenvalue weighted by Gasteiger charge is -2.18. The lowest BCUT2D eigenvalue weighted by Crippen LogP contribution is -2.25. The summed E-state index contributed by atoms with van der Waals surface area (Å²) in [5.41, 5.74) is 1.05. The number of para-hydroxylation sites is 2. The monoisotopic (exact) mass is 469 g/mol. The highest BCUT2D eigenvalue weighted by Crippen LogP contribution is 2.27. The summed E-state index contributed by atoms with van der Waals surface area (Å²) < 4.78 is 16.9. The molecule has 1 N–H and O–H groups in total. The largest absolute Gasteiger partial charge is 0.492 e. The molecule has 1 unspecified atom stereocenters. The van der Waals surface area contributed by atoms with E-state index in [0.29, 0.717) is 34.0 Å². The molecule has 0 aliphatic rings. The number of amides is 1. The Hall–Kier alpha value is -3.32. The fourth-order valence-corrected chi connectivity index (χ4v) is 2.99. The van der Waals surface area contributed by atoms with E-state index in [4.69, 9.17) is 13.9 Å². The van der Waals surface area contributed by atoms with Crippen molar-refractivity contribution in [1.29, 1.82) is 0 Å². The first-order valence-corrected chi connectivity index (χ1v) is 10.1. The van der Waals surface area contributed by atoms with Gasteiger partial charge in [-0.05, 0) is 53.2 Å². The lowest BCUT2D eigenvalue weighted by atomic mass is 10.1. The number of esters is 1. The maximum absolute atomic E-state index is 13.0. The van der Waals surface area contributed by atoms with Crippen molar-refractivity contribution in [3.8, 4) is 5.75 Å². The number of hydrogen-bond donors (Lipinski definition) is 1. The molecule has 154 valence electrons. The fourth-order valence-electron chi connectivity index (χ4n) is 2.67. The SMILES string of the molecule is CCOc1ccccc1NC(=O)C(OC(=O)/C=C/c1ccc(Br)o1)c1ccccc1. The van der Waals surface area contributed by atoms with E-state index in [9.17, 15) is 9.59 Å². The van der Waals surface area contributed by atoms with E-state index in [-0.39, 0.29) is 0 Å². The van der Waals surface area contributed by atoms with Crippen LogP contribution >= 0.6 is 15.9 Å². The van der Waals surface area contributed by atoms with Crippen LogP contribution in [0.2, 0.25) is 0 Å². The standard InChI is InChI=1S/C23H20BrNO5/c1-2-28-19-11-7-6-10-18(19)25-23(27)22(16-8-4-3-5-9-16)30-21(26)15-13-17-12-14-20(24)29-17/h3-15,22H,2H2,1H3,(H,25,27)/b15-13+. The number of hydrogen-bond acceptors (Lipinski definition) is 5. The minimum absolute atomic E-state index is 0.456. The molecule has 7 heteroatoms. The second kappa shape index (κ2) is 10.5. The summed E-state index contributed by atoms with van der Waals surface area (Å²) >= 11 is 3.20. The molecule has 30 heavy (non-hydrogen) atoms. The molecule has 0 radical (unpaired) electrons. The smallest absolute Gasteiger partial charge is 0.332 e. The number of carbonyl (C=O) groups excluding carboxylic acids is 2. The van der Waals surface area contributed by atoms with Gasteiger partial charge in [0.05, 0.1) is 12.3 Å². The van der Waals surface area contributed by atoms with E-state index in [0.717, 1.165) is 0 Å². The van der Waals surface area contributed by atoms with Gasteiger partial charge in [0.1, 0.15) is 11.5 Å². The third-order valence-corrected chi connectivity index (χ3v) is 4.42. The number of rotatable bonds is 8. The van der Waals surface area contributed by atoms with Crippen LogP contribution in [0, 0.1) is 0 Å². The van der Waals surface area contributed by atoms with Gasteiger partial charge in [0, 0.05) is 11.6 Å². The fraction of sp³-hybridized carbons (Fsp3) is 0.130. The van der Waals surface area contributed by atoms with Crippen LogP contribution in [0.25, 0.3) is 6.08 Å². The summed E-state index contributed by atoms with van der Waals surface area (Å²) in [4.78, 5) is 25.4. The van der Waals surface area contributed by atoms with Gasteiger partial charge in [-0.1, -0.05) is 42.5 Å². The molecule has 0 aliphatic carbocycles. The van der Waals surface area contributed by atoms with Crippen molar-refractivity contribution >= 4 is 39.6 Å². The van der Waals surface area contributed by atoms with E-state index in [1.54, 1.807) is 54.6 Å². The van der Waals surface area contributed by atoms with Crippen LogP contribution in [0.3, 0.4) is 0 Å². The van der Waals surface area contributed by atoms with Gasteiger partial charge in [-0.25, -0.2) is 4.79 Å². The molecule has 1 amide bonds. The summed E-state index contributed by atoms with van der Waals surface area (Å²) in [6.07, 6.45) is 1.54. The summed E-state index contributed by atoms with van der Waals surface area (Å²) in [6, 6.07) is 19.3. The quantitative estimate of drug-likeness (QED) is 0.354. The second-order valence-corrected chi connectivity index (χ2v) is 6.90. The second-order valence-electron chi connectivity index (χ2n) is 6.12. The molecule has 0 bridgehead atoms. The van der Waals surface area contributed by atoms with Crippen molar-refractivity contribution in [2.24, 2.45) is 0 Å². The third kappa shape index (κ3) is 5.84. The van der Waals surface area contributed by atoms with Gasteiger partial charge in [-0.2, -0.15) is 0 Å². The van der Waals surface area contributed by atoms with Gasteiger partial charge in [0.15, 0.2) is 4.67 Å². The number of carbonyl (C=O) groups is 2. The third-order valence-electron chi connectivity index (χ3n) is 4.00. The van der Waals surface area contributed by atoms with Gasteiger partial charge in [0.2, 0.25) is 6.10 Å². The number of benzene rings is 2. The molecule has 3 aromatic rings. The van der Waals surface area contributed by atoms with Crippen molar-refractivity contribution in [1.82, 2.24) is 0 Å². The molecule has 2 aromatic carbocycles. The molecule has 3 rings (SSSR count). The zero-order chi connectivity index (χ0) is 21.3. The number of ether oxygens (including phenoxy) is 2. The average Bonchev–Trinajstić information content (AvgIpc) is 3.18. The number of nitrogens with one attached hydrogen (secondary N) is 1. The Balaban J connectivity index is 1.78. The molecule has 0 aliphatic heterocycles. The van der Waals surface area contributed by atoms with Gasteiger partial charge in [0.25, 0.3) is 5.91 Å². The van der Waals surface area contributed by atoms with Crippen molar-refractivity contribution in [3.05, 3.63) is 88.8 Å². The van der Waals surface area contributed by atoms with Crippen LogP contribution in [-0.2, 0) is 14.3 Å². The maximum Gasteiger partial charge on any atom is 0.332 e.